The van der Waals surface area contributed by atoms with Gasteiger partial charge in [-0.2, -0.15) is 0 Å². The number of aromatic nitrogens is 3. The minimum atomic E-state index is 0.470. The number of rotatable bonds is 3. The Labute approximate surface area is 149 Å². The van der Waals surface area contributed by atoms with E-state index >= 15 is 0 Å². The summed E-state index contributed by atoms with van der Waals surface area (Å²) in [6, 6.07) is 17.7. The number of para-hydroxylation sites is 1. The van der Waals surface area contributed by atoms with Crippen molar-refractivity contribution in [2.24, 2.45) is 7.05 Å². The first kappa shape index (κ1) is 15.9. The molecule has 0 aliphatic carbocycles. The first-order valence-corrected chi connectivity index (χ1v) is 9.04. The van der Waals surface area contributed by atoms with Crippen LogP contribution >= 0.6 is 0 Å². The van der Waals surface area contributed by atoms with Gasteiger partial charge < -0.3 is 4.90 Å². The summed E-state index contributed by atoms with van der Waals surface area (Å²) >= 11 is 0. The van der Waals surface area contributed by atoms with Crippen molar-refractivity contribution >= 4 is 5.69 Å². The van der Waals surface area contributed by atoms with Crippen LogP contribution in [0.2, 0.25) is 0 Å². The summed E-state index contributed by atoms with van der Waals surface area (Å²) in [6.45, 7) is 5.47. The summed E-state index contributed by atoms with van der Waals surface area (Å²) in [5, 5.41) is 8.86. The average molecular weight is 332 g/mol. The molecule has 128 valence electrons. The normalized spacial score (nSPS) is 14.1. The molecule has 25 heavy (non-hydrogen) atoms. The van der Waals surface area contributed by atoms with E-state index in [0.717, 1.165) is 17.9 Å². The molecule has 4 nitrogen and oxygen atoms in total. The molecular formula is C21H24N4. The zero-order valence-electron chi connectivity index (χ0n) is 15.1. The molecule has 2 heterocycles. The Morgan fingerprint density at radius 2 is 1.76 bits per heavy atom. The topological polar surface area (TPSA) is 34.0 Å². The molecule has 0 amide bonds. The number of fused-ring (bicyclic) bond motifs is 5. The Hall–Kier alpha value is -2.62. The van der Waals surface area contributed by atoms with Crippen molar-refractivity contribution in [2.75, 3.05) is 4.90 Å². The van der Waals surface area contributed by atoms with Gasteiger partial charge in [0.25, 0.3) is 0 Å². The van der Waals surface area contributed by atoms with Crippen molar-refractivity contribution in [1.29, 1.82) is 0 Å². The van der Waals surface area contributed by atoms with Gasteiger partial charge in [-0.15, -0.1) is 5.10 Å². The highest BCUT2D eigenvalue weighted by atomic mass is 15.4. The maximum atomic E-state index is 4.52. The largest absolute Gasteiger partial charge is 0.364 e. The highest BCUT2D eigenvalue weighted by Gasteiger charge is 2.27. The molecule has 1 atom stereocenters. The van der Waals surface area contributed by atoms with Gasteiger partial charge in [-0.25, -0.2) is 4.68 Å². The standard InChI is InChI=1S/C21H24N4/c1-4-9-15(2)25-14-16-10-5-6-11-17(16)21-20(22-23-24(21)3)18-12-7-8-13-19(18)25/h5-8,10-13,15H,4,9,14H2,1-3H3. The van der Waals surface area contributed by atoms with Crippen LogP contribution in [0, 0.1) is 0 Å². The Bertz CT molecular complexity index is 896. The molecule has 0 bridgehead atoms. The first-order chi connectivity index (χ1) is 12.2. The second kappa shape index (κ2) is 6.36. The van der Waals surface area contributed by atoms with E-state index in [0.29, 0.717) is 6.04 Å². The van der Waals surface area contributed by atoms with E-state index in [1.807, 2.05) is 11.7 Å². The Morgan fingerprint density at radius 1 is 1.04 bits per heavy atom. The zero-order valence-corrected chi connectivity index (χ0v) is 15.1. The molecular weight excluding hydrogens is 308 g/mol. The van der Waals surface area contributed by atoms with Gasteiger partial charge in [0.1, 0.15) is 5.69 Å². The van der Waals surface area contributed by atoms with Crippen LogP contribution in [0.5, 0.6) is 0 Å². The van der Waals surface area contributed by atoms with Crippen LogP contribution in [-0.2, 0) is 13.6 Å². The number of aryl methyl sites for hydroxylation is 1. The molecule has 4 heteroatoms. The Kier molecular flexibility index (Phi) is 4.04. The Balaban J connectivity index is 2.00. The molecule has 1 aliphatic heterocycles. The summed E-state index contributed by atoms with van der Waals surface area (Å²) in [6.07, 6.45) is 2.35. The van der Waals surface area contributed by atoms with Gasteiger partial charge in [0.15, 0.2) is 0 Å². The fourth-order valence-corrected chi connectivity index (χ4v) is 3.89. The third-order valence-electron chi connectivity index (χ3n) is 5.15. The van der Waals surface area contributed by atoms with Crippen molar-refractivity contribution in [3.8, 4) is 22.5 Å². The SMILES string of the molecule is CCCC(C)N1Cc2ccccc2-c2c(nnn2C)-c2ccccc21. The van der Waals surface area contributed by atoms with Gasteiger partial charge in [-0.3, -0.25) is 0 Å². The molecule has 0 saturated heterocycles. The minimum Gasteiger partial charge on any atom is -0.364 e. The van der Waals surface area contributed by atoms with Crippen LogP contribution in [0.3, 0.4) is 0 Å². The second-order valence-electron chi connectivity index (χ2n) is 6.85. The molecule has 0 N–H and O–H groups in total. The molecule has 0 fully saturated rings. The van der Waals surface area contributed by atoms with Gasteiger partial charge in [-0.05, 0) is 25.0 Å². The summed E-state index contributed by atoms with van der Waals surface area (Å²) in [7, 11) is 1.98. The number of nitrogens with zero attached hydrogens (tertiary/aromatic N) is 4. The van der Waals surface area contributed by atoms with Gasteiger partial charge in [0.05, 0.1) is 5.69 Å². The van der Waals surface area contributed by atoms with Crippen molar-refractivity contribution in [3.63, 3.8) is 0 Å². The lowest BCUT2D eigenvalue weighted by Gasteiger charge is -2.35. The highest BCUT2D eigenvalue weighted by molar-refractivity contribution is 5.88. The first-order valence-electron chi connectivity index (χ1n) is 9.04. The molecule has 1 unspecified atom stereocenters. The second-order valence-corrected chi connectivity index (χ2v) is 6.85. The summed E-state index contributed by atoms with van der Waals surface area (Å²) < 4.78 is 1.90. The molecule has 4 rings (SSSR count). The number of benzene rings is 2. The van der Waals surface area contributed by atoms with E-state index in [2.05, 4.69) is 77.6 Å². The summed E-state index contributed by atoms with van der Waals surface area (Å²) in [4.78, 5) is 2.52. The predicted molar refractivity (Wildman–Crippen MR) is 102 cm³/mol. The smallest absolute Gasteiger partial charge is 0.123 e. The van der Waals surface area contributed by atoms with Gasteiger partial charge >= 0.3 is 0 Å². The lowest BCUT2D eigenvalue weighted by molar-refractivity contribution is 0.579. The van der Waals surface area contributed by atoms with E-state index in [4.69, 9.17) is 0 Å². The van der Waals surface area contributed by atoms with Crippen molar-refractivity contribution < 1.29 is 0 Å². The summed E-state index contributed by atoms with van der Waals surface area (Å²) in [5.41, 5.74) is 7.05. The molecule has 1 aromatic heterocycles. The third-order valence-corrected chi connectivity index (χ3v) is 5.15. The maximum absolute atomic E-state index is 4.52. The van der Waals surface area contributed by atoms with Gasteiger partial charge in [-0.1, -0.05) is 61.0 Å². The molecule has 0 saturated carbocycles. The van der Waals surface area contributed by atoms with Gasteiger partial charge in [0.2, 0.25) is 0 Å². The number of hydrogen-bond acceptors (Lipinski definition) is 3. The number of hydrogen-bond donors (Lipinski definition) is 0. The van der Waals surface area contributed by atoms with Crippen LogP contribution in [0.4, 0.5) is 5.69 Å². The monoisotopic (exact) mass is 332 g/mol. The van der Waals surface area contributed by atoms with Crippen LogP contribution in [0.25, 0.3) is 22.5 Å². The van der Waals surface area contributed by atoms with Crippen LogP contribution in [0.15, 0.2) is 48.5 Å². The molecule has 0 radical (unpaired) electrons. The fourth-order valence-electron chi connectivity index (χ4n) is 3.89. The van der Waals surface area contributed by atoms with Crippen molar-refractivity contribution in [2.45, 2.75) is 39.3 Å². The molecule has 3 aromatic rings. The van der Waals surface area contributed by atoms with Gasteiger partial charge in [0, 0.05) is 36.4 Å². The molecule has 2 aromatic carbocycles. The maximum Gasteiger partial charge on any atom is 0.123 e. The van der Waals surface area contributed by atoms with E-state index in [9.17, 15) is 0 Å². The van der Waals surface area contributed by atoms with E-state index < -0.39 is 0 Å². The fraction of sp³-hybridized carbons (Fsp3) is 0.333. The molecule has 1 aliphatic rings. The van der Waals surface area contributed by atoms with E-state index in [1.165, 1.54) is 35.2 Å². The third kappa shape index (κ3) is 2.62. The zero-order chi connectivity index (χ0) is 17.4. The van der Waals surface area contributed by atoms with E-state index in [-0.39, 0.29) is 0 Å². The Morgan fingerprint density at radius 3 is 2.56 bits per heavy atom. The molecule has 0 spiro atoms. The quantitative estimate of drug-likeness (QED) is 0.699. The van der Waals surface area contributed by atoms with Crippen LogP contribution < -0.4 is 4.90 Å². The lowest BCUT2D eigenvalue weighted by Crippen LogP contribution is -2.33. The van der Waals surface area contributed by atoms with Crippen LogP contribution in [0.1, 0.15) is 32.3 Å². The van der Waals surface area contributed by atoms with E-state index in [1.54, 1.807) is 0 Å². The minimum absolute atomic E-state index is 0.470. The summed E-state index contributed by atoms with van der Waals surface area (Å²) in [5.74, 6) is 0. The van der Waals surface area contributed by atoms with Crippen LogP contribution in [-0.4, -0.2) is 21.0 Å². The predicted octanol–water partition coefficient (Wildman–Crippen LogP) is 4.66. The highest BCUT2D eigenvalue weighted by Crippen LogP contribution is 2.41. The van der Waals surface area contributed by atoms with Crippen molar-refractivity contribution in [1.82, 2.24) is 15.0 Å². The number of anilines is 1. The average Bonchev–Trinajstić information content (AvgIpc) is 2.99. The lowest BCUT2D eigenvalue weighted by atomic mass is 9.94. The van der Waals surface area contributed by atoms with Crippen molar-refractivity contribution in [3.05, 3.63) is 54.1 Å².